The van der Waals surface area contributed by atoms with Gasteiger partial charge in [-0.2, -0.15) is 0 Å². The minimum Gasteiger partial charge on any atom is -0.391 e. The molecule has 1 rings (SSSR count). The predicted octanol–water partition coefficient (Wildman–Crippen LogP) is 0.785. The second kappa shape index (κ2) is 6.08. The smallest absolute Gasteiger partial charge is 0.224 e. The molecule has 1 saturated heterocycles. The van der Waals surface area contributed by atoms with Gasteiger partial charge in [-0.05, 0) is 19.8 Å². The number of carbonyl (C=O) groups excluding carboxylic acids is 1. The Morgan fingerprint density at radius 1 is 1.67 bits per heavy atom. The van der Waals surface area contributed by atoms with Crippen molar-refractivity contribution >= 4 is 5.91 Å². The Hall–Kier alpha value is -0.610. The van der Waals surface area contributed by atoms with E-state index in [0.29, 0.717) is 32.5 Å². The van der Waals surface area contributed by atoms with Crippen LogP contribution in [0.1, 0.15) is 33.1 Å². The highest BCUT2D eigenvalue weighted by Crippen LogP contribution is 2.10. The molecule has 1 aliphatic heterocycles. The van der Waals surface area contributed by atoms with Crippen molar-refractivity contribution in [2.45, 2.75) is 45.3 Å². The van der Waals surface area contributed by atoms with Crippen molar-refractivity contribution in [1.29, 1.82) is 0 Å². The summed E-state index contributed by atoms with van der Waals surface area (Å²) in [6, 6.07) is 0. The van der Waals surface area contributed by atoms with Crippen molar-refractivity contribution < 1.29 is 14.6 Å². The number of likely N-dealkylation sites (tertiary alicyclic amines) is 1. The molecule has 0 aromatic carbocycles. The predicted molar refractivity (Wildman–Crippen MR) is 57.5 cm³/mol. The largest absolute Gasteiger partial charge is 0.391 e. The van der Waals surface area contributed by atoms with Gasteiger partial charge in [0.25, 0.3) is 0 Å². The fourth-order valence-electron chi connectivity index (χ4n) is 1.59. The maximum absolute atomic E-state index is 11.6. The lowest BCUT2D eigenvalue weighted by Crippen LogP contribution is -2.30. The third-order valence-electron chi connectivity index (χ3n) is 2.81. The third kappa shape index (κ3) is 4.18. The molecule has 88 valence electrons. The molecule has 0 spiro atoms. The number of amides is 1. The first kappa shape index (κ1) is 12.5. The van der Waals surface area contributed by atoms with E-state index in [-0.39, 0.29) is 18.1 Å². The summed E-state index contributed by atoms with van der Waals surface area (Å²) >= 11 is 0. The number of aliphatic hydroxyl groups is 1. The van der Waals surface area contributed by atoms with Crippen LogP contribution in [0.2, 0.25) is 0 Å². The molecule has 2 atom stereocenters. The number of aliphatic hydroxyl groups excluding tert-OH is 1. The van der Waals surface area contributed by atoms with Crippen LogP contribution >= 0.6 is 0 Å². The van der Waals surface area contributed by atoms with E-state index in [4.69, 9.17) is 4.74 Å². The summed E-state index contributed by atoms with van der Waals surface area (Å²) in [5, 5.41) is 9.28. The Labute approximate surface area is 91.2 Å². The van der Waals surface area contributed by atoms with Gasteiger partial charge in [-0.15, -0.1) is 0 Å². The normalized spacial score (nSPS) is 23.1. The van der Waals surface area contributed by atoms with Gasteiger partial charge in [-0.25, -0.2) is 0 Å². The molecular weight excluding hydrogens is 194 g/mol. The van der Waals surface area contributed by atoms with Crippen LogP contribution in [0.3, 0.4) is 0 Å². The van der Waals surface area contributed by atoms with Crippen LogP contribution in [0.5, 0.6) is 0 Å². The number of hydrogen-bond donors (Lipinski definition) is 1. The van der Waals surface area contributed by atoms with Gasteiger partial charge in [0, 0.05) is 13.1 Å². The molecule has 0 saturated carbocycles. The van der Waals surface area contributed by atoms with E-state index >= 15 is 0 Å². The third-order valence-corrected chi connectivity index (χ3v) is 2.81. The molecule has 1 unspecified atom stereocenters. The van der Waals surface area contributed by atoms with Crippen LogP contribution in [0.25, 0.3) is 0 Å². The van der Waals surface area contributed by atoms with Gasteiger partial charge in [0.1, 0.15) is 0 Å². The fraction of sp³-hybridized carbons (Fsp3) is 0.909. The van der Waals surface area contributed by atoms with Crippen molar-refractivity contribution in [2.24, 2.45) is 0 Å². The number of β-amino-alcohol motifs (C(OH)–C–C–N with tert-alkyl or cyclic N) is 1. The summed E-state index contributed by atoms with van der Waals surface area (Å²) in [6.07, 6.45) is 2.00. The zero-order chi connectivity index (χ0) is 11.3. The zero-order valence-corrected chi connectivity index (χ0v) is 9.61. The second-order valence-corrected chi connectivity index (χ2v) is 4.12. The van der Waals surface area contributed by atoms with Crippen LogP contribution < -0.4 is 0 Å². The SMILES string of the molecule is CCC(C)OCCC(=O)N1CC[C@@H](O)C1. The Morgan fingerprint density at radius 2 is 2.40 bits per heavy atom. The van der Waals surface area contributed by atoms with Crippen molar-refractivity contribution in [3.8, 4) is 0 Å². The molecule has 4 nitrogen and oxygen atoms in total. The Bertz CT molecular complexity index is 208. The first-order valence-corrected chi connectivity index (χ1v) is 5.71. The summed E-state index contributed by atoms with van der Waals surface area (Å²) in [7, 11) is 0. The quantitative estimate of drug-likeness (QED) is 0.737. The average molecular weight is 215 g/mol. The van der Waals surface area contributed by atoms with Crippen molar-refractivity contribution in [3.63, 3.8) is 0 Å². The van der Waals surface area contributed by atoms with Gasteiger partial charge in [0.05, 0.1) is 25.2 Å². The lowest BCUT2D eigenvalue weighted by molar-refractivity contribution is -0.132. The molecule has 4 heteroatoms. The van der Waals surface area contributed by atoms with Crippen molar-refractivity contribution in [1.82, 2.24) is 4.90 Å². The molecule has 15 heavy (non-hydrogen) atoms. The van der Waals surface area contributed by atoms with Crippen LogP contribution in [-0.2, 0) is 9.53 Å². The molecular formula is C11H21NO3. The van der Waals surface area contributed by atoms with E-state index in [1.807, 2.05) is 6.92 Å². The standard InChI is InChI=1S/C11H21NO3/c1-3-9(2)15-7-5-11(14)12-6-4-10(13)8-12/h9-10,13H,3-8H2,1-2H3/t9?,10-/m1/s1. The van der Waals surface area contributed by atoms with E-state index in [9.17, 15) is 9.90 Å². The van der Waals surface area contributed by atoms with Crippen LogP contribution in [0.4, 0.5) is 0 Å². The highest BCUT2D eigenvalue weighted by Gasteiger charge is 2.23. The molecule has 1 heterocycles. The number of rotatable bonds is 5. The molecule has 0 bridgehead atoms. The molecule has 1 amide bonds. The fourth-order valence-corrected chi connectivity index (χ4v) is 1.59. The molecule has 1 aliphatic rings. The topological polar surface area (TPSA) is 49.8 Å². The van der Waals surface area contributed by atoms with Gasteiger partial charge in [-0.1, -0.05) is 6.92 Å². The molecule has 0 aromatic heterocycles. The molecule has 0 aromatic rings. The number of hydrogen-bond acceptors (Lipinski definition) is 3. The van der Waals surface area contributed by atoms with E-state index in [1.165, 1.54) is 0 Å². The van der Waals surface area contributed by atoms with Crippen molar-refractivity contribution in [3.05, 3.63) is 0 Å². The minimum absolute atomic E-state index is 0.0925. The number of ether oxygens (including phenoxy) is 1. The van der Waals surface area contributed by atoms with Gasteiger partial charge in [0.15, 0.2) is 0 Å². The van der Waals surface area contributed by atoms with Crippen LogP contribution in [0, 0.1) is 0 Å². The summed E-state index contributed by atoms with van der Waals surface area (Å²) in [6.45, 7) is 5.72. The lowest BCUT2D eigenvalue weighted by Gasteiger charge is -2.16. The second-order valence-electron chi connectivity index (χ2n) is 4.12. The zero-order valence-electron chi connectivity index (χ0n) is 9.61. The first-order chi connectivity index (χ1) is 7.13. The summed E-state index contributed by atoms with van der Waals surface area (Å²) in [5.41, 5.74) is 0. The first-order valence-electron chi connectivity index (χ1n) is 5.71. The number of nitrogens with zero attached hydrogens (tertiary/aromatic N) is 1. The Balaban J connectivity index is 2.13. The number of carbonyl (C=O) groups is 1. The summed E-state index contributed by atoms with van der Waals surface area (Å²) in [4.78, 5) is 13.3. The van der Waals surface area contributed by atoms with Gasteiger partial charge < -0.3 is 14.7 Å². The lowest BCUT2D eigenvalue weighted by atomic mass is 10.3. The molecule has 1 N–H and O–H groups in total. The van der Waals surface area contributed by atoms with E-state index in [0.717, 1.165) is 6.42 Å². The Morgan fingerprint density at radius 3 is 2.93 bits per heavy atom. The van der Waals surface area contributed by atoms with E-state index < -0.39 is 0 Å². The van der Waals surface area contributed by atoms with Crippen molar-refractivity contribution in [2.75, 3.05) is 19.7 Å². The maximum Gasteiger partial charge on any atom is 0.224 e. The van der Waals surface area contributed by atoms with E-state index in [1.54, 1.807) is 4.90 Å². The minimum atomic E-state index is -0.329. The molecule has 1 fully saturated rings. The van der Waals surface area contributed by atoms with Gasteiger partial charge >= 0.3 is 0 Å². The summed E-state index contributed by atoms with van der Waals surface area (Å²) in [5.74, 6) is 0.0925. The maximum atomic E-state index is 11.6. The average Bonchev–Trinajstić information content (AvgIpc) is 2.64. The Kier molecular flexibility index (Phi) is 5.05. The summed E-state index contributed by atoms with van der Waals surface area (Å²) < 4.78 is 5.44. The monoisotopic (exact) mass is 215 g/mol. The van der Waals surface area contributed by atoms with Gasteiger partial charge in [-0.3, -0.25) is 4.79 Å². The van der Waals surface area contributed by atoms with Gasteiger partial charge in [0.2, 0.25) is 5.91 Å². The van der Waals surface area contributed by atoms with E-state index in [2.05, 4.69) is 6.92 Å². The molecule has 0 radical (unpaired) electrons. The molecule has 0 aliphatic carbocycles. The highest BCUT2D eigenvalue weighted by atomic mass is 16.5. The van der Waals surface area contributed by atoms with Crippen LogP contribution in [0.15, 0.2) is 0 Å². The highest BCUT2D eigenvalue weighted by molar-refractivity contribution is 5.76. The van der Waals surface area contributed by atoms with Crippen LogP contribution in [-0.4, -0.2) is 47.8 Å².